The Kier molecular flexibility index (Phi) is 3.42. The van der Waals surface area contributed by atoms with Crippen LogP contribution in [0.15, 0.2) is 41.1 Å². The standard InChI is InChI=1S/C15H11BrClNO/c16-14-8-18-4-3-9(14)5-11-6-10-7-12(17)1-2-13(10)15(11)19/h1-4,7-8,11H,5-6H2. The second-order valence-corrected chi connectivity index (χ2v) is 6.03. The van der Waals surface area contributed by atoms with Crippen molar-refractivity contribution in [3.05, 3.63) is 62.8 Å². The zero-order valence-corrected chi connectivity index (χ0v) is 12.4. The highest BCUT2D eigenvalue weighted by molar-refractivity contribution is 9.10. The van der Waals surface area contributed by atoms with Gasteiger partial charge in [0.2, 0.25) is 0 Å². The lowest BCUT2D eigenvalue weighted by Crippen LogP contribution is -2.12. The van der Waals surface area contributed by atoms with Crippen molar-refractivity contribution in [2.75, 3.05) is 0 Å². The Morgan fingerprint density at radius 2 is 2.21 bits per heavy atom. The summed E-state index contributed by atoms with van der Waals surface area (Å²) in [7, 11) is 0. The Balaban J connectivity index is 1.86. The fraction of sp³-hybridized carbons (Fsp3) is 0.200. The topological polar surface area (TPSA) is 30.0 Å². The first-order valence-electron chi connectivity index (χ1n) is 6.06. The van der Waals surface area contributed by atoms with Gasteiger partial charge in [0.05, 0.1) is 0 Å². The number of ketones is 1. The van der Waals surface area contributed by atoms with Gasteiger partial charge in [0, 0.05) is 33.4 Å². The van der Waals surface area contributed by atoms with E-state index in [1.807, 2.05) is 18.2 Å². The first kappa shape index (κ1) is 12.8. The van der Waals surface area contributed by atoms with E-state index < -0.39 is 0 Å². The summed E-state index contributed by atoms with van der Waals surface area (Å²) in [5, 5.41) is 0.692. The molecule has 1 unspecified atom stereocenters. The maximum Gasteiger partial charge on any atom is 0.166 e. The number of carbonyl (C=O) groups excluding carboxylic acids is 1. The Morgan fingerprint density at radius 1 is 1.37 bits per heavy atom. The summed E-state index contributed by atoms with van der Waals surface area (Å²) >= 11 is 9.45. The number of Topliss-reactive ketones (excluding diaryl/α,β-unsaturated/α-hetero) is 1. The van der Waals surface area contributed by atoms with Gasteiger partial charge in [0.15, 0.2) is 5.78 Å². The second kappa shape index (κ2) is 5.06. The number of hydrogen-bond acceptors (Lipinski definition) is 2. The summed E-state index contributed by atoms with van der Waals surface area (Å²) in [5.74, 6) is 0.225. The van der Waals surface area contributed by atoms with Crippen LogP contribution < -0.4 is 0 Å². The van der Waals surface area contributed by atoms with E-state index in [0.29, 0.717) is 5.02 Å². The van der Waals surface area contributed by atoms with Gasteiger partial charge in [-0.15, -0.1) is 0 Å². The van der Waals surface area contributed by atoms with Gasteiger partial charge in [-0.25, -0.2) is 0 Å². The second-order valence-electron chi connectivity index (χ2n) is 4.74. The zero-order valence-electron chi connectivity index (χ0n) is 10.1. The zero-order chi connectivity index (χ0) is 13.4. The molecule has 0 bridgehead atoms. The van der Waals surface area contributed by atoms with Gasteiger partial charge >= 0.3 is 0 Å². The van der Waals surface area contributed by atoms with Crippen LogP contribution in [0.1, 0.15) is 21.5 Å². The van der Waals surface area contributed by atoms with Crippen LogP contribution in [-0.2, 0) is 12.8 Å². The normalized spacial score (nSPS) is 17.6. The maximum absolute atomic E-state index is 12.3. The summed E-state index contributed by atoms with van der Waals surface area (Å²) in [6, 6.07) is 7.47. The fourth-order valence-electron chi connectivity index (χ4n) is 2.55. The number of carbonyl (C=O) groups is 1. The van der Waals surface area contributed by atoms with Crippen LogP contribution in [0.2, 0.25) is 5.02 Å². The van der Waals surface area contributed by atoms with E-state index in [-0.39, 0.29) is 11.7 Å². The molecule has 0 saturated heterocycles. The number of hydrogen-bond donors (Lipinski definition) is 0. The van der Waals surface area contributed by atoms with Crippen LogP contribution in [0.3, 0.4) is 0 Å². The highest BCUT2D eigenvalue weighted by Crippen LogP contribution is 2.32. The van der Waals surface area contributed by atoms with E-state index in [2.05, 4.69) is 20.9 Å². The number of rotatable bonds is 2. The van der Waals surface area contributed by atoms with Crippen molar-refractivity contribution >= 4 is 33.3 Å². The van der Waals surface area contributed by atoms with Crippen LogP contribution in [0.5, 0.6) is 0 Å². The van der Waals surface area contributed by atoms with Gasteiger partial charge in [0.25, 0.3) is 0 Å². The number of halogens is 2. The SMILES string of the molecule is O=C1c2ccc(Cl)cc2CC1Cc1ccncc1Br. The molecule has 0 saturated carbocycles. The molecule has 0 N–H and O–H groups in total. The summed E-state index contributed by atoms with van der Waals surface area (Å²) in [6.45, 7) is 0. The fourth-order valence-corrected chi connectivity index (χ4v) is 3.16. The van der Waals surface area contributed by atoms with E-state index in [4.69, 9.17) is 11.6 Å². The molecule has 1 aromatic carbocycles. The molecule has 3 rings (SSSR count). The van der Waals surface area contributed by atoms with Gasteiger partial charge in [-0.1, -0.05) is 11.6 Å². The molecule has 0 amide bonds. The molecule has 1 atom stereocenters. The van der Waals surface area contributed by atoms with Gasteiger partial charge in [-0.05, 0) is 64.2 Å². The lowest BCUT2D eigenvalue weighted by Gasteiger charge is -2.09. The third-order valence-corrected chi connectivity index (χ3v) is 4.44. The van der Waals surface area contributed by atoms with Crippen molar-refractivity contribution in [3.8, 4) is 0 Å². The van der Waals surface area contributed by atoms with Crippen molar-refractivity contribution in [2.45, 2.75) is 12.8 Å². The van der Waals surface area contributed by atoms with Crippen LogP contribution in [0, 0.1) is 5.92 Å². The summed E-state index contributed by atoms with van der Waals surface area (Å²) in [5.41, 5.74) is 3.00. The van der Waals surface area contributed by atoms with E-state index in [9.17, 15) is 4.79 Å². The van der Waals surface area contributed by atoms with Gasteiger partial charge in [-0.2, -0.15) is 0 Å². The molecular weight excluding hydrogens is 326 g/mol. The monoisotopic (exact) mass is 335 g/mol. The smallest absolute Gasteiger partial charge is 0.166 e. The summed E-state index contributed by atoms with van der Waals surface area (Å²) in [4.78, 5) is 16.4. The average molecular weight is 337 g/mol. The molecule has 1 aliphatic rings. The third-order valence-electron chi connectivity index (χ3n) is 3.49. The molecule has 0 spiro atoms. The van der Waals surface area contributed by atoms with Gasteiger partial charge < -0.3 is 0 Å². The molecule has 4 heteroatoms. The average Bonchev–Trinajstić information content (AvgIpc) is 2.68. The van der Waals surface area contributed by atoms with Crippen molar-refractivity contribution in [1.82, 2.24) is 4.98 Å². The Hall–Kier alpha value is -1.19. The van der Waals surface area contributed by atoms with Crippen LogP contribution in [0.25, 0.3) is 0 Å². The number of pyridine rings is 1. The first-order valence-corrected chi connectivity index (χ1v) is 7.23. The molecule has 0 aliphatic heterocycles. The third kappa shape index (κ3) is 2.45. The molecule has 1 aliphatic carbocycles. The molecule has 0 radical (unpaired) electrons. The van der Waals surface area contributed by atoms with Crippen LogP contribution in [-0.4, -0.2) is 10.8 Å². The lowest BCUT2D eigenvalue weighted by molar-refractivity contribution is 0.0936. The molecular formula is C15H11BrClNO. The molecule has 0 fully saturated rings. The van der Waals surface area contributed by atoms with Gasteiger partial charge in [0.1, 0.15) is 0 Å². The molecule has 19 heavy (non-hydrogen) atoms. The number of fused-ring (bicyclic) bond motifs is 1. The van der Waals surface area contributed by atoms with Crippen molar-refractivity contribution in [3.63, 3.8) is 0 Å². The van der Waals surface area contributed by atoms with Crippen LogP contribution >= 0.6 is 27.5 Å². The highest BCUT2D eigenvalue weighted by Gasteiger charge is 2.30. The minimum atomic E-state index is 0.00664. The minimum absolute atomic E-state index is 0.00664. The molecule has 1 aromatic heterocycles. The van der Waals surface area contributed by atoms with E-state index in [1.54, 1.807) is 18.5 Å². The molecule has 2 nitrogen and oxygen atoms in total. The Labute approximate surface area is 124 Å². The predicted octanol–water partition coefficient (Wildman–Crippen LogP) is 4.10. The lowest BCUT2D eigenvalue weighted by atomic mass is 9.96. The molecule has 2 aromatic rings. The minimum Gasteiger partial charge on any atom is -0.294 e. The highest BCUT2D eigenvalue weighted by atomic mass is 79.9. The van der Waals surface area contributed by atoms with Crippen LogP contribution in [0.4, 0.5) is 0 Å². The van der Waals surface area contributed by atoms with Crippen molar-refractivity contribution in [1.29, 1.82) is 0 Å². The predicted molar refractivity (Wildman–Crippen MR) is 78.6 cm³/mol. The molecule has 96 valence electrons. The summed E-state index contributed by atoms with van der Waals surface area (Å²) in [6.07, 6.45) is 5.01. The Bertz CT molecular complexity index is 656. The number of nitrogens with zero attached hydrogens (tertiary/aromatic N) is 1. The van der Waals surface area contributed by atoms with E-state index in [0.717, 1.165) is 34.0 Å². The number of benzene rings is 1. The van der Waals surface area contributed by atoms with Crippen molar-refractivity contribution < 1.29 is 4.79 Å². The Morgan fingerprint density at radius 3 is 3.00 bits per heavy atom. The quantitative estimate of drug-likeness (QED) is 0.826. The summed E-state index contributed by atoms with van der Waals surface area (Å²) < 4.78 is 0.955. The van der Waals surface area contributed by atoms with Gasteiger partial charge in [-0.3, -0.25) is 9.78 Å². The molecule has 1 heterocycles. The van der Waals surface area contributed by atoms with Crippen molar-refractivity contribution in [2.24, 2.45) is 5.92 Å². The maximum atomic E-state index is 12.3. The number of aromatic nitrogens is 1. The first-order chi connectivity index (χ1) is 9.15. The largest absolute Gasteiger partial charge is 0.294 e. The van der Waals surface area contributed by atoms with E-state index in [1.165, 1.54) is 0 Å². The van der Waals surface area contributed by atoms with E-state index >= 15 is 0 Å².